The van der Waals surface area contributed by atoms with Crippen LogP contribution in [-0.2, 0) is 6.54 Å². The highest BCUT2D eigenvalue weighted by molar-refractivity contribution is 5.20. The van der Waals surface area contributed by atoms with Gasteiger partial charge < -0.3 is 9.52 Å². The van der Waals surface area contributed by atoms with Crippen molar-refractivity contribution in [3.8, 4) is 0 Å². The Morgan fingerprint density at radius 2 is 1.95 bits per heavy atom. The highest BCUT2D eigenvalue weighted by Crippen LogP contribution is 2.23. The summed E-state index contributed by atoms with van der Waals surface area (Å²) < 4.78 is 19.2. The lowest BCUT2D eigenvalue weighted by Gasteiger charge is -2.36. The molecule has 1 N–H and O–H groups in total. The molecule has 0 amide bonds. The number of halogens is 1. The fourth-order valence-electron chi connectivity index (χ4n) is 2.19. The Kier molecular flexibility index (Phi) is 4.93. The molecule has 1 atom stereocenters. The van der Waals surface area contributed by atoms with Crippen LogP contribution in [0.15, 0.2) is 28.7 Å². The van der Waals surface area contributed by atoms with Crippen LogP contribution in [0.3, 0.4) is 0 Å². The lowest BCUT2D eigenvalue weighted by molar-refractivity contribution is 0.0445. The SMILES string of the molecule is Cc1nnc(CN(CC(O)c2ccccc2F)C(C)(C)C)o1. The Hall–Kier alpha value is -1.79. The molecule has 22 heavy (non-hydrogen) atoms. The maximum atomic E-state index is 13.8. The highest BCUT2D eigenvalue weighted by atomic mass is 19.1. The minimum absolute atomic E-state index is 0.241. The molecule has 1 aromatic heterocycles. The van der Waals surface area contributed by atoms with Gasteiger partial charge in [-0.25, -0.2) is 4.39 Å². The Bertz CT molecular complexity index is 622. The van der Waals surface area contributed by atoms with Gasteiger partial charge in [0.1, 0.15) is 5.82 Å². The largest absolute Gasteiger partial charge is 0.424 e. The monoisotopic (exact) mass is 307 g/mol. The summed E-state index contributed by atoms with van der Waals surface area (Å²) in [5, 5.41) is 18.2. The van der Waals surface area contributed by atoms with E-state index in [2.05, 4.69) is 10.2 Å². The van der Waals surface area contributed by atoms with Crippen molar-refractivity contribution in [2.45, 2.75) is 45.9 Å². The van der Waals surface area contributed by atoms with Gasteiger partial charge in [-0.3, -0.25) is 4.90 Å². The molecule has 0 aliphatic rings. The van der Waals surface area contributed by atoms with Crippen molar-refractivity contribution in [3.05, 3.63) is 47.4 Å². The van der Waals surface area contributed by atoms with E-state index in [0.717, 1.165) is 0 Å². The fraction of sp³-hybridized carbons (Fsp3) is 0.500. The number of aryl methyl sites for hydroxylation is 1. The van der Waals surface area contributed by atoms with Gasteiger partial charge in [-0.05, 0) is 26.8 Å². The predicted octanol–water partition coefficient (Wildman–Crippen LogP) is 2.85. The van der Waals surface area contributed by atoms with Crippen molar-refractivity contribution in [2.24, 2.45) is 0 Å². The first kappa shape index (κ1) is 16.6. The van der Waals surface area contributed by atoms with E-state index in [0.29, 0.717) is 23.9 Å². The van der Waals surface area contributed by atoms with Gasteiger partial charge in [0, 0.05) is 24.6 Å². The molecule has 0 aliphatic carbocycles. The summed E-state index contributed by atoms with van der Waals surface area (Å²) in [6.07, 6.45) is -0.926. The van der Waals surface area contributed by atoms with E-state index in [1.165, 1.54) is 6.07 Å². The van der Waals surface area contributed by atoms with E-state index >= 15 is 0 Å². The van der Waals surface area contributed by atoms with Crippen LogP contribution >= 0.6 is 0 Å². The topological polar surface area (TPSA) is 62.4 Å². The summed E-state index contributed by atoms with van der Waals surface area (Å²) >= 11 is 0. The van der Waals surface area contributed by atoms with Crippen LogP contribution in [0, 0.1) is 12.7 Å². The summed E-state index contributed by atoms with van der Waals surface area (Å²) in [5.74, 6) is 0.573. The van der Waals surface area contributed by atoms with Crippen LogP contribution in [0.1, 0.15) is 44.2 Å². The summed E-state index contributed by atoms with van der Waals surface area (Å²) in [6.45, 7) is 8.45. The standard InChI is InChI=1S/C16H22FN3O2/c1-11-18-19-15(22-11)10-20(16(2,3)4)9-14(21)12-7-5-6-8-13(12)17/h5-8,14,21H,9-10H2,1-4H3. The second kappa shape index (κ2) is 6.54. The number of rotatable bonds is 5. The molecule has 0 fully saturated rings. The molecule has 6 heteroatoms. The van der Waals surface area contributed by atoms with E-state index in [1.54, 1.807) is 25.1 Å². The second-order valence-corrected chi connectivity index (χ2v) is 6.30. The number of hydrogen-bond acceptors (Lipinski definition) is 5. The average molecular weight is 307 g/mol. The summed E-state index contributed by atoms with van der Waals surface area (Å²) in [7, 11) is 0. The Morgan fingerprint density at radius 3 is 2.50 bits per heavy atom. The summed E-state index contributed by atoms with van der Waals surface area (Å²) in [4.78, 5) is 1.98. The maximum Gasteiger partial charge on any atom is 0.230 e. The van der Waals surface area contributed by atoms with Crippen LogP contribution in [0.25, 0.3) is 0 Å². The molecule has 5 nitrogen and oxygen atoms in total. The zero-order valence-corrected chi connectivity index (χ0v) is 13.4. The van der Waals surface area contributed by atoms with E-state index in [4.69, 9.17) is 4.42 Å². The number of aromatic nitrogens is 2. The summed E-state index contributed by atoms with van der Waals surface area (Å²) in [5.41, 5.74) is 0.0488. The number of aliphatic hydroxyl groups is 1. The number of hydrogen-bond donors (Lipinski definition) is 1. The molecule has 0 saturated heterocycles. The average Bonchev–Trinajstić information content (AvgIpc) is 2.83. The second-order valence-electron chi connectivity index (χ2n) is 6.30. The molecule has 2 rings (SSSR count). The molecule has 0 radical (unpaired) electrons. The molecule has 1 unspecified atom stereocenters. The molecular formula is C16H22FN3O2. The lowest BCUT2D eigenvalue weighted by atomic mass is 10.0. The van der Waals surface area contributed by atoms with Gasteiger partial charge in [0.05, 0.1) is 12.6 Å². The van der Waals surface area contributed by atoms with Gasteiger partial charge in [-0.2, -0.15) is 0 Å². The van der Waals surface area contributed by atoms with Crippen molar-refractivity contribution < 1.29 is 13.9 Å². The minimum Gasteiger partial charge on any atom is -0.424 e. The van der Waals surface area contributed by atoms with Gasteiger partial charge in [0.15, 0.2) is 0 Å². The van der Waals surface area contributed by atoms with Crippen LogP contribution in [0.2, 0.25) is 0 Å². The van der Waals surface area contributed by atoms with Gasteiger partial charge in [-0.1, -0.05) is 18.2 Å². The Morgan fingerprint density at radius 1 is 1.27 bits per heavy atom. The molecular weight excluding hydrogens is 285 g/mol. The quantitative estimate of drug-likeness (QED) is 0.920. The van der Waals surface area contributed by atoms with Crippen LogP contribution in [0.4, 0.5) is 4.39 Å². The van der Waals surface area contributed by atoms with Crippen LogP contribution in [0.5, 0.6) is 0 Å². The zero-order valence-electron chi connectivity index (χ0n) is 13.4. The molecule has 0 bridgehead atoms. The maximum absolute atomic E-state index is 13.8. The third kappa shape index (κ3) is 4.11. The third-order valence-electron chi connectivity index (χ3n) is 3.50. The zero-order chi connectivity index (χ0) is 16.3. The van der Waals surface area contributed by atoms with Crippen LogP contribution in [-0.4, -0.2) is 32.3 Å². The van der Waals surface area contributed by atoms with Gasteiger partial charge in [-0.15, -0.1) is 10.2 Å². The normalized spacial score (nSPS) is 13.6. The number of aliphatic hydroxyl groups excluding tert-OH is 1. The van der Waals surface area contributed by atoms with E-state index in [9.17, 15) is 9.50 Å². The number of nitrogens with zero attached hydrogens (tertiary/aromatic N) is 3. The van der Waals surface area contributed by atoms with Gasteiger partial charge >= 0.3 is 0 Å². The first-order valence-corrected chi connectivity index (χ1v) is 7.24. The summed E-state index contributed by atoms with van der Waals surface area (Å²) in [6, 6.07) is 6.26. The molecule has 2 aromatic rings. The van der Waals surface area contributed by atoms with Crippen molar-refractivity contribution in [2.75, 3.05) is 6.54 Å². The van der Waals surface area contributed by atoms with Crippen molar-refractivity contribution in [1.82, 2.24) is 15.1 Å². The number of β-amino-alcohol motifs (C(OH)–C–C–N with tert-alkyl or cyclic N) is 1. The van der Waals surface area contributed by atoms with Crippen molar-refractivity contribution in [1.29, 1.82) is 0 Å². The predicted molar refractivity (Wildman–Crippen MR) is 80.6 cm³/mol. The molecule has 120 valence electrons. The van der Waals surface area contributed by atoms with Crippen molar-refractivity contribution >= 4 is 0 Å². The smallest absolute Gasteiger partial charge is 0.230 e. The van der Waals surface area contributed by atoms with E-state index in [-0.39, 0.29) is 12.1 Å². The third-order valence-corrected chi connectivity index (χ3v) is 3.50. The van der Waals surface area contributed by atoms with Gasteiger partial charge in [0.25, 0.3) is 0 Å². The molecule has 1 heterocycles. The highest BCUT2D eigenvalue weighted by Gasteiger charge is 2.27. The first-order chi connectivity index (χ1) is 10.3. The Labute approximate surface area is 129 Å². The van der Waals surface area contributed by atoms with E-state index < -0.39 is 11.9 Å². The fourth-order valence-corrected chi connectivity index (χ4v) is 2.19. The first-order valence-electron chi connectivity index (χ1n) is 7.24. The molecule has 0 spiro atoms. The molecule has 1 aromatic carbocycles. The molecule has 0 aliphatic heterocycles. The Balaban J connectivity index is 2.15. The lowest BCUT2D eigenvalue weighted by Crippen LogP contribution is -2.43. The number of benzene rings is 1. The minimum atomic E-state index is -0.926. The van der Waals surface area contributed by atoms with Crippen LogP contribution < -0.4 is 0 Å². The van der Waals surface area contributed by atoms with E-state index in [1.807, 2.05) is 25.7 Å². The molecule has 0 saturated carbocycles. The van der Waals surface area contributed by atoms with Crippen molar-refractivity contribution in [3.63, 3.8) is 0 Å². The van der Waals surface area contributed by atoms with Gasteiger partial charge in [0.2, 0.25) is 11.8 Å².